The van der Waals surface area contributed by atoms with Gasteiger partial charge in [0.25, 0.3) is 5.91 Å². The molecule has 0 unspecified atom stereocenters. The summed E-state index contributed by atoms with van der Waals surface area (Å²) in [5, 5.41) is 18.8. The minimum atomic E-state index is -4.59. The number of hydrogen-bond acceptors (Lipinski definition) is 6. The molecule has 2 N–H and O–H groups in total. The Balaban J connectivity index is 1.39. The number of carbonyl (C=O) groups excluding carboxylic acids is 3. The van der Waals surface area contributed by atoms with Crippen molar-refractivity contribution in [1.82, 2.24) is 25.4 Å². The number of anilines is 1. The molecule has 13 heteroatoms. The molecule has 190 valence electrons. The largest absolute Gasteiger partial charge is 0.405 e. The molecular formula is C24H20F3N7O3. The van der Waals surface area contributed by atoms with E-state index in [-0.39, 0.29) is 37.4 Å². The fourth-order valence-corrected chi connectivity index (χ4v) is 5.08. The molecular weight excluding hydrogens is 491 g/mol. The molecule has 1 spiro atoms. The van der Waals surface area contributed by atoms with E-state index < -0.39 is 36.5 Å². The lowest BCUT2D eigenvalue weighted by atomic mass is 9.72. The third-order valence-electron chi connectivity index (χ3n) is 6.82. The number of carbonyl (C=O) groups is 3. The molecule has 1 fully saturated rings. The number of piperidine rings is 1. The predicted molar refractivity (Wildman–Crippen MR) is 123 cm³/mol. The first kappa shape index (κ1) is 24.2. The number of rotatable bonds is 4. The lowest BCUT2D eigenvalue weighted by Gasteiger charge is -2.38. The molecule has 0 bridgehead atoms. The average molecular weight is 511 g/mol. The summed E-state index contributed by atoms with van der Waals surface area (Å²) in [6.45, 7) is -1.74. The van der Waals surface area contributed by atoms with Crippen LogP contribution in [-0.2, 0) is 15.0 Å². The van der Waals surface area contributed by atoms with Crippen LogP contribution in [0.25, 0.3) is 11.0 Å². The van der Waals surface area contributed by atoms with E-state index in [0.29, 0.717) is 27.8 Å². The fourth-order valence-electron chi connectivity index (χ4n) is 5.08. The SMILES string of the molecule is N#Cc1cccc2c1C1(CCN(C(=O)c3cnc4[nH]ncc4c3)CC1)C(=O)N2CC(=O)NCC(F)(F)F. The van der Waals surface area contributed by atoms with Crippen molar-refractivity contribution >= 4 is 34.4 Å². The standard InChI is InChI=1S/C24H20F3N7O3/c25-24(26,27)13-30-18(35)12-34-17-3-1-2-14(9-28)19(17)23(22(34)37)4-6-33(7-5-23)21(36)16-8-15-11-31-32-20(15)29-10-16/h1-3,8,10-11H,4-7,12-13H2,(H,30,35)(H,29,31,32). The summed E-state index contributed by atoms with van der Waals surface area (Å²) < 4.78 is 37.6. The maximum atomic E-state index is 13.7. The molecule has 2 aromatic heterocycles. The second kappa shape index (κ2) is 8.88. The summed E-state index contributed by atoms with van der Waals surface area (Å²) in [7, 11) is 0. The highest BCUT2D eigenvalue weighted by atomic mass is 19.4. The summed E-state index contributed by atoms with van der Waals surface area (Å²) in [5.74, 6) is -1.71. The number of nitriles is 1. The average Bonchev–Trinajstić information content (AvgIpc) is 3.44. The molecule has 3 aromatic rings. The van der Waals surface area contributed by atoms with E-state index in [1.807, 2.05) is 0 Å². The van der Waals surface area contributed by atoms with E-state index in [1.165, 1.54) is 6.20 Å². The molecule has 4 heterocycles. The molecule has 10 nitrogen and oxygen atoms in total. The molecule has 0 atom stereocenters. The quantitative estimate of drug-likeness (QED) is 0.550. The van der Waals surface area contributed by atoms with Gasteiger partial charge >= 0.3 is 6.18 Å². The Kier molecular flexibility index (Phi) is 5.82. The molecule has 1 aromatic carbocycles. The first-order valence-corrected chi connectivity index (χ1v) is 11.4. The van der Waals surface area contributed by atoms with E-state index in [9.17, 15) is 32.8 Å². The zero-order valence-electron chi connectivity index (χ0n) is 19.3. The number of H-pyrrole nitrogens is 1. The van der Waals surface area contributed by atoms with Crippen LogP contribution >= 0.6 is 0 Å². The van der Waals surface area contributed by atoms with Crippen LogP contribution in [-0.4, -0.2) is 70.2 Å². The van der Waals surface area contributed by atoms with Crippen LogP contribution in [0.3, 0.4) is 0 Å². The van der Waals surface area contributed by atoms with Gasteiger partial charge in [0.05, 0.1) is 28.8 Å². The number of nitrogens with zero attached hydrogens (tertiary/aromatic N) is 5. The van der Waals surface area contributed by atoms with Crippen LogP contribution in [0.15, 0.2) is 36.7 Å². The highest BCUT2D eigenvalue weighted by molar-refractivity contribution is 6.11. The summed E-state index contributed by atoms with van der Waals surface area (Å²) >= 11 is 0. The first-order valence-electron chi connectivity index (χ1n) is 11.4. The van der Waals surface area contributed by atoms with Crippen molar-refractivity contribution < 1.29 is 27.6 Å². The predicted octanol–water partition coefficient (Wildman–Crippen LogP) is 2.03. The van der Waals surface area contributed by atoms with Crippen molar-refractivity contribution in [3.63, 3.8) is 0 Å². The van der Waals surface area contributed by atoms with Gasteiger partial charge in [0.2, 0.25) is 11.8 Å². The van der Waals surface area contributed by atoms with Gasteiger partial charge in [-0.05, 0) is 31.0 Å². The Morgan fingerprint density at radius 1 is 1.22 bits per heavy atom. The highest BCUT2D eigenvalue weighted by Crippen LogP contribution is 2.49. The Hall–Kier alpha value is -4.47. The van der Waals surface area contributed by atoms with E-state index in [4.69, 9.17) is 0 Å². The van der Waals surface area contributed by atoms with Crippen LogP contribution in [0.2, 0.25) is 0 Å². The van der Waals surface area contributed by atoms with Crippen LogP contribution in [0.4, 0.5) is 18.9 Å². The molecule has 2 aliphatic rings. The summed E-state index contributed by atoms with van der Waals surface area (Å²) in [6, 6.07) is 8.45. The normalized spacial score (nSPS) is 16.6. The van der Waals surface area contributed by atoms with Crippen LogP contribution in [0.1, 0.15) is 34.3 Å². The molecule has 1 saturated heterocycles. The number of alkyl halides is 3. The third kappa shape index (κ3) is 4.24. The third-order valence-corrected chi connectivity index (χ3v) is 6.82. The van der Waals surface area contributed by atoms with Crippen molar-refractivity contribution in [3.8, 4) is 6.07 Å². The van der Waals surface area contributed by atoms with Crippen molar-refractivity contribution in [2.45, 2.75) is 24.4 Å². The van der Waals surface area contributed by atoms with Gasteiger partial charge in [0.15, 0.2) is 5.65 Å². The number of halogens is 3. The highest BCUT2D eigenvalue weighted by Gasteiger charge is 2.54. The Morgan fingerprint density at radius 2 is 1.97 bits per heavy atom. The lowest BCUT2D eigenvalue weighted by molar-refractivity contribution is -0.138. The fraction of sp³-hybridized carbons (Fsp3) is 0.333. The number of fused-ring (bicyclic) bond motifs is 3. The number of amides is 3. The van der Waals surface area contributed by atoms with Crippen LogP contribution in [0, 0.1) is 11.3 Å². The van der Waals surface area contributed by atoms with Gasteiger partial charge in [0.1, 0.15) is 13.1 Å². The van der Waals surface area contributed by atoms with Gasteiger partial charge in [-0.3, -0.25) is 19.5 Å². The Morgan fingerprint density at radius 3 is 2.68 bits per heavy atom. The van der Waals surface area contributed by atoms with E-state index >= 15 is 0 Å². The van der Waals surface area contributed by atoms with Gasteiger partial charge in [-0.25, -0.2) is 4.98 Å². The number of likely N-dealkylation sites (tertiary alicyclic amines) is 1. The van der Waals surface area contributed by atoms with Crippen molar-refractivity contribution in [1.29, 1.82) is 5.26 Å². The molecule has 5 rings (SSSR count). The lowest BCUT2D eigenvalue weighted by Crippen LogP contribution is -2.51. The van der Waals surface area contributed by atoms with Gasteiger partial charge in [-0.1, -0.05) is 6.07 Å². The minimum Gasteiger partial charge on any atom is -0.345 e. The molecule has 3 amide bonds. The number of aromatic amines is 1. The summed E-state index contributed by atoms with van der Waals surface area (Å²) in [5.41, 5.74) is 0.753. The number of benzene rings is 1. The van der Waals surface area contributed by atoms with Gasteiger partial charge in [-0.2, -0.15) is 23.5 Å². The zero-order chi connectivity index (χ0) is 26.4. The number of aromatic nitrogens is 3. The molecule has 0 saturated carbocycles. The molecule has 2 aliphatic heterocycles. The topological polar surface area (TPSA) is 135 Å². The second-order valence-electron chi connectivity index (χ2n) is 9.00. The smallest absolute Gasteiger partial charge is 0.345 e. The molecule has 0 radical (unpaired) electrons. The molecule has 37 heavy (non-hydrogen) atoms. The zero-order valence-corrected chi connectivity index (χ0v) is 19.3. The van der Waals surface area contributed by atoms with Crippen molar-refractivity contribution in [2.24, 2.45) is 0 Å². The first-order chi connectivity index (χ1) is 17.6. The van der Waals surface area contributed by atoms with Crippen molar-refractivity contribution in [2.75, 3.05) is 31.1 Å². The Labute approximate surface area is 208 Å². The number of nitrogens with one attached hydrogen (secondary N) is 2. The minimum absolute atomic E-state index is 0.186. The molecule has 0 aliphatic carbocycles. The van der Waals surface area contributed by atoms with Gasteiger partial charge < -0.3 is 15.1 Å². The van der Waals surface area contributed by atoms with E-state index in [2.05, 4.69) is 21.3 Å². The van der Waals surface area contributed by atoms with Crippen LogP contribution in [0.5, 0.6) is 0 Å². The number of pyridine rings is 1. The van der Waals surface area contributed by atoms with Gasteiger partial charge in [-0.15, -0.1) is 0 Å². The maximum absolute atomic E-state index is 13.7. The second-order valence-corrected chi connectivity index (χ2v) is 9.00. The Bertz CT molecular complexity index is 1450. The van der Waals surface area contributed by atoms with Crippen molar-refractivity contribution in [3.05, 3.63) is 53.3 Å². The summed E-state index contributed by atoms with van der Waals surface area (Å²) in [6.07, 6.45) is -1.22. The monoisotopic (exact) mass is 511 g/mol. The van der Waals surface area contributed by atoms with Gasteiger partial charge in [0, 0.05) is 35.9 Å². The maximum Gasteiger partial charge on any atom is 0.405 e. The van der Waals surface area contributed by atoms with E-state index in [1.54, 1.807) is 40.7 Å². The number of hydrogen-bond donors (Lipinski definition) is 2. The van der Waals surface area contributed by atoms with E-state index in [0.717, 1.165) is 4.90 Å². The summed E-state index contributed by atoms with van der Waals surface area (Å²) in [4.78, 5) is 46.0. The van der Waals surface area contributed by atoms with Crippen LogP contribution < -0.4 is 10.2 Å².